The van der Waals surface area contributed by atoms with Gasteiger partial charge in [-0.2, -0.15) is 0 Å². The van der Waals surface area contributed by atoms with E-state index in [1.165, 1.54) is 22.3 Å². The molecule has 2 heterocycles. The molecule has 2 aromatic rings. The SMILES string of the molecule is O=C(O)[C@@H]1COCC[C@@H]1C1CCN(C(=O)OCC2c3ccccc3-c3ccccc32)CC1. The van der Waals surface area contributed by atoms with Crippen molar-refractivity contribution in [2.45, 2.75) is 25.2 Å². The number of ether oxygens (including phenoxy) is 2. The third kappa shape index (κ3) is 3.88. The van der Waals surface area contributed by atoms with Crippen molar-refractivity contribution in [3.63, 3.8) is 0 Å². The lowest BCUT2D eigenvalue weighted by molar-refractivity contribution is -0.151. The Morgan fingerprint density at radius 1 is 0.969 bits per heavy atom. The Bertz CT molecular complexity index is 952. The summed E-state index contributed by atoms with van der Waals surface area (Å²) >= 11 is 0. The maximum atomic E-state index is 12.8. The van der Waals surface area contributed by atoms with Crippen molar-refractivity contribution >= 4 is 12.1 Å². The largest absolute Gasteiger partial charge is 0.481 e. The van der Waals surface area contributed by atoms with Crippen LogP contribution in [0.15, 0.2) is 48.5 Å². The van der Waals surface area contributed by atoms with E-state index in [0.29, 0.717) is 38.8 Å². The molecule has 32 heavy (non-hydrogen) atoms. The van der Waals surface area contributed by atoms with E-state index in [9.17, 15) is 14.7 Å². The molecule has 2 saturated heterocycles. The molecule has 168 valence electrons. The number of benzene rings is 2. The number of carboxylic acid groups (broad SMARTS) is 1. The van der Waals surface area contributed by atoms with Gasteiger partial charge < -0.3 is 19.5 Å². The maximum Gasteiger partial charge on any atom is 0.409 e. The maximum absolute atomic E-state index is 12.8. The Morgan fingerprint density at radius 3 is 2.22 bits per heavy atom. The van der Waals surface area contributed by atoms with Crippen LogP contribution in [-0.4, -0.2) is 55.0 Å². The highest BCUT2D eigenvalue weighted by atomic mass is 16.6. The van der Waals surface area contributed by atoms with E-state index in [4.69, 9.17) is 9.47 Å². The highest BCUT2D eigenvalue weighted by Crippen LogP contribution is 2.44. The molecular formula is C26H29NO5. The molecule has 2 aliphatic heterocycles. The van der Waals surface area contributed by atoms with Crippen LogP contribution >= 0.6 is 0 Å². The van der Waals surface area contributed by atoms with Gasteiger partial charge in [0, 0.05) is 25.6 Å². The van der Waals surface area contributed by atoms with Gasteiger partial charge in [-0.25, -0.2) is 4.79 Å². The molecule has 0 saturated carbocycles. The summed E-state index contributed by atoms with van der Waals surface area (Å²) in [6.45, 7) is 2.48. The zero-order valence-corrected chi connectivity index (χ0v) is 18.1. The summed E-state index contributed by atoms with van der Waals surface area (Å²) in [5, 5.41) is 9.53. The van der Waals surface area contributed by atoms with E-state index in [1.54, 1.807) is 4.90 Å². The molecule has 0 aromatic heterocycles. The number of carbonyl (C=O) groups excluding carboxylic acids is 1. The van der Waals surface area contributed by atoms with Crippen LogP contribution < -0.4 is 0 Å². The standard InChI is InChI=1S/C26H29NO5/c28-25(29)24-15-31-14-11-18(24)17-9-12-27(13-10-17)26(30)32-16-23-21-7-3-1-5-19(21)20-6-2-4-8-22(20)23/h1-8,17-18,23-24H,9-16H2,(H,28,29)/t18-,24-/m1/s1. The van der Waals surface area contributed by atoms with Gasteiger partial charge in [-0.1, -0.05) is 48.5 Å². The zero-order valence-electron chi connectivity index (χ0n) is 18.1. The lowest BCUT2D eigenvalue weighted by Gasteiger charge is -2.39. The minimum atomic E-state index is -0.770. The summed E-state index contributed by atoms with van der Waals surface area (Å²) in [4.78, 5) is 26.2. The first kappa shape index (κ1) is 21.0. The molecule has 1 aliphatic carbocycles. The van der Waals surface area contributed by atoms with Crippen LogP contribution in [0.2, 0.25) is 0 Å². The average molecular weight is 436 g/mol. The van der Waals surface area contributed by atoms with Gasteiger partial charge in [-0.3, -0.25) is 4.79 Å². The zero-order chi connectivity index (χ0) is 22.1. The monoisotopic (exact) mass is 435 g/mol. The second-order valence-corrected chi connectivity index (χ2v) is 9.10. The second-order valence-electron chi connectivity index (χ2n) is 9.10. The van der Waals surface area contributed by atoms with Crippen molar-refractivity contribution in [3.8, 4) is 11.1 Å². The number of hydrogen-bond acceptors (Lipinski definition) is 4. The summed E-state index contributed by atoms with van der Waals surface area (Å²) < 4.78 is 11.2. The quantitative estimate of drug-likeness (QED) is 0.771. The summed E-state index contributed by atoms with van der Waals surface area (Å²) in [6, 6.07) is 16.6. The minimum Gasteiger partial charge on any atom is -0.481 e. The number of fused-ring (bicyclic) bond motifs is 3. The average Bonchev–Trinajstić information content (AvgIpc) is 3.16. The molecule has 6 nitrogen and oxygen atoms in total. The number of rotatable bonds is 4. The van der Waals surface area contributed by atoms with E-state index in [2.05, 4.69) is 24.3 Å². The number of carboxylic acids is 1. The predicted molar refractivity (Wildman–Crippen MR) is 119 cm³/mol. The Morgan fingerprint density at radius 2 is 1.59 bits per heavy atom. The van der Waals surface area contributed by atoms with Crippen molar-refractivity contribution < 1.29 is 24.2 Å². The molecule has 5 rings (SSSR count). The summed E-state index contributed by atoms with van der Waals surface area (Å²) in [5.74, 6) is -0.700. The molecular weight excluding hydrogens is 406 g/mol. The molecule has 2 atom stereocenters. The number of piperidine rings is 1. The number of amides is 1. The number of nitrogens with zero attached hydrogens (tertiary/aromatic N) is 1. The molecule has 1 N–H and O–H groups in total. The Hall–Kier alpha value is -2.86. The van der Waals surface area contributed by atoms with Gasteiger partial charge in [0.15, 0.2) is 0 Å². The van der Waals surface area contributed by atoms with E-state index < -0.39 is 11.9 Å². The van der Waals surface area contributed by atoms with Gasteiger partial charge in [0.1, 0.15) is 6.61 Å². The summed E-state index contributed by atoms with van der Waals surface area (Å²) in [5.41, 5.74) is 4.85. The fourth-order valence-corrected chi connectivity index (χ4v) is 5.77. The van der Waals surface area contributed by atoms with Gasteiger partial charge in [0.25, 0.3) is 0 Å². The molecule has 0 bridgehead atoms. The number of likely N-dealkylation sites (tertiary alicyclic amines) is 1. The molecule has 0 radical (unpaired) electrons. The van der Waals surface area contributed by atoms with Crippen LogP contribution in [0.3, 0.4) is 0 Å². The highest BCUT2D eigenvalue weighted by Gasteiger charge is 2.39. The van der Waals surface area contributed by atoms with Gasteiger partial charge >= 0.3 is 12.1 Å². The first-order chi connectivity index (χ1) is 15.6. The molecule has 1 amide bonds. The molecule has 2 fully saturated rings. The van der Waals surface area contributed by atoms with Crippen molar-refractivity contribution in [3.05, 3.63) is 59.7 Å². The fourth-order valence-electron chi connectivity index (χ4n) is 5.77. The first-order valence-electron chi connectivity index (χ1n) is 11.5. The van der Waals surface area contributed by atoms with Crippen molar-refractivity contribution in [1.29, 1.82) is 0 Å². The number of aliphatic carboxylic acids is 1. The highest BCUT2D eigenvalue weighted by molar-refractivity contribution is 5.79. The third-order valence-electron chi connectivity index (χ3n) is 7.47. The molecule has 0 unspecified atom stereocenters. The van der Waals surface area contributed by atoms with Crippen LogP contribution in [0.1, 0.15) is 36.3 Å². The van der Waals surface area contributed by atoms with E-state index in [-0.39, 0.29) is 17.9 Å². The summed E-state index contributed by atoms with van der Waals surface area (Å²) in [6.07, 6.45) is 2.15. The smallest absolute Gasteiger partial charge is 0.409 e. The van der Waals surface area contributed by atoms with Crippen LogP contribution in [0.5, 0.6) is 0 Å². The first-order valence-corrected chi connectivity index (χ1v) is 11.5. The normalized spacial score (nSPS) is 23.4. The van der Waals surface area contributed by atoms with Crippen LogP contribution in [0.25, 0.3) is 11.1 Å². The van der Waals surface area contributed by atoms with E-state index in [1.807, 2.05) is 24.3 Å². The molecule has 2 aromatic carbocycles. The van der Waals surface area contributed by atoms with Crippen LogP contribution in [0, 0.1) is 17.8 Å². The van der Waals surface area contributed by atoms with Crippen molar-refractivity contribution in [2.24, 2.45) is 17.8 Å². The van der Waals surface area contributed by atoms with Gasteiger partial charge in [0.2, 0.25) is 0 Å². The molecule has 3 aliphatic rings. The number of carbonyl (C=O) groups is 2. The predicted octanol–water partition coefficient (Wildman–Crippen LogP) is 4.38. The Kier molecular flexibility index (Phi) is 5.87. The molecule has 6 heteroatoms. The topological polar surface area (TPSA) is 76.1 Å². The van der Waals surface area contributed by atoms with E-state index in [0.717, 1.165) is 19.3 Å². The lowest BCUT2D eigenvalue weighted by Crippen LogP contribution is -2.44. The van der Waals surface area contributed by atoms with Crippen molar-refractivity contribution in [1.82, 2.24) is 4.90 Å². The van der Waals surface area contributed by atoms with E-state index >= 15 is 0 Å². The minimum absolute atomic E-state index is 0.0578. The van der Waals surface area contributed by atoms with Crippen LogP contribution in [0.4, 0.5) is 4.79 Å². The second kappa shape index (κ2) is 8.94. The number of hydrogen-bond donors (Lipinski definition) is 1. The lowest BCUT2D eigenvalue weighted by atomic mass is 9.74. The third-order valence-corrected chi connectivity index (χ3v) is 7.47. The van der Waals surface area contributed by atoms with Gasteiger partial charge in [-0.15, -0.1) is 0 Å². The molecule has 0 spiro atoms. The fraction of sp³-hybridized carbons (Fsp3) is 0.462. The van der Waals surface area contributed by atoms with Gasteiger partial charge in [-0.05, 0) is 53.4 Å². The van der Waals surface area contributed by atoms with Gasteiger partial charge in [0.05, 0.1) is 12.5 Å². The Labute approximate surface area is 188 Å². The van der Waals surface area contributed by atoms with Crippen LogP contribution in [-0.2, 0) is 14.3 Å². The summed E-state index contributed by atoms with van der Waals surface area (Å²) in [7, 11) is 0. The van der Waals surface area contributed by atoms with Crippen molar-refractivity contribution in [2.75, 3.05) is 32.9 Å². The Balaban J connectivity index is 1.19.